The first kappa shape index (κ1) is 20.0. The number of benzene rings is 1. The highest BCUT2D eigenvalue weighted by Crippen LogP contribution is 2.10. The summed E-state index contributed by atoms with van der Waals surface area (Å²) in [7, 11) is -3.34. The van der Waals surface area contributed by atoms with E-state index in [1.165, 1.54) is 16.9 Å². The van der Waals surface area contributed by atoms with Crippen LogP contribution in [0.1, 0.15) is 15.2 Å². The van der Waals surface area contributed by atoms with Crippen LogP contribution in [0.4, 0.5) is 0 Å². The largest absolute Gasteiger partial charge is 0.350 e. The van der Waals surface area contributed by atoms with E-state index in [1.807, 2.05) is 23.6 Å². The van der Waals surface area contributed by atoms with Crippen molar-refractivity contribution >= 4 is 27.3 Å². The fourth-order valence-corrected chi connectivity index (χ4v) is 5.06. The Morgan fingerprint density at radius 2 is 1.78 bits per heavy atom. The molecule has 6 nitrogen and oxygen atoms in total. The van der Waals surface area contributed by atoms with Gasteiger partial charge in [0.1, 0.15) is 0 Å². The lowest BCUT2D eigenvalue weighted by Gasteiger charge is -2.34. The van der Waals surface area contributed by atoms with E-state index in [-0.39, 0.29) is 18.2 Å². The summed E-state index contributed by atoms with van der Waals surface area (Å²) in [6.45, 7) is 3.58. The van der Waals surface area contributed by atoms with Gasteiger partial charge in [0.15, 0.2) is 0 Å². The van der Waals surface area contributed by atoms with E-state index in [0.29, 0.717) is 18.0 Å². The van der Waals surface area contributed by atoms with Crippen LogP contribution in [0.25, 0.3) is 0 Å². The van der Waals surface area contributed by atoms with Gasteiger partial charge in [0.25, 0.3) is 5.91 Å². The van der Waals surface area contributed by atoms with Crippen molar-refractivity contribution in [2.75, 3.05) is 45.0 Å². The van der Waals surface area contributed by atoms with E-state index in [0.717, 1.165) is 26.1 Å². The Kier molecular flexibility index (Phi) is 7.01. The van der Waals surface area contributed by atoms with Crippen LogP contribution < -0.4 is 5.32 Å². The highest BCUT2D eigenvalue weighted by atomic mass is 32.2. The third-order valence-electron chi connectivity index (χ3n) is 4.67. The molecule has 3 rings (SSSR count). The summed E-state index contributed by atoms with van der Waals surface area (Å²) < 4.78 is 26.5. The SMILES string of the molecule is O=C(NCCS(=O)(=O)N1CCN(CCc2ccccc2)CC1)c1cccs1. The van der Waals surface area contributed by atoms with Gasteiger partial charge in [-0.2, -0.15) is 4.31 Å². The maximum Gasteiger partial charge on any atom is 0.261 e. The molecule has 1 fully saturated rings. The quantitative estimate of drug-likeness (QED) is 0.723. The lowest BCUT2D eigenvalue weighted by molar-refractivity contribution is 0.0960. The molecule has 1 saturated heterocycles. The van der Waals surface area contributed by atoms with Crippen molar-refractivity contribution in [3.05, 3.63) is 58.3 Å². The molecule has 0 bridgehead atoms. The number of nitrogens with zero attached hydrogens (tertiary/aromatic N) is 2. The Hall–Kier alpha value is -1.74. The molecule has 0 radical (unpaired) electrons. The monoisotopic (exact) mass is 407 g/mol. The van der Waals surface area contributed by atoms with Crippen LogP contribution in [0.15, 0.2) is 47.8 Å². The predicted molar refractivity (Wildman–Crippen MR) is 109 cm³/mol. The highest BCUT2D eigenvalue weighted by molar-refractivity contribution is 7.89. The third kappa shape index (κ3) is 5.87. The van der Waals surface area contributed by atoms with E-state index in [9.17, 15) is 13.2 Å². The van der Waals surface area contributed by atoms with Crippen LogP contribution in [-0.2, 0) is 16.4 Å². The topological polar surface area (TPSA) is 69.7 Å². The van der Waals surface area contributed by atoms with Gasteiger partial charge in [0.05, 0.1) is 10.6 Å². The minimum atomic E-state index is -3.34. The van der Waals surface area contributed by atoms with Crippen molar-refractivity contribution in [1.82, 2.24) is 14.5 Å². The minimum absolute atomic E-state index is 0.0614. The van der Waals surface area contributed by atoms with Crippen LogP contribution in [-0.4, -0.2) is 68.6 Å². The molecule has 0 atom stereocenters. The molecule has 8 heteroatoms. The minimum Gasteiger partial charge on any atom is -0.350 e. The van der Waals surface area contributed by atoms with E-state index in [1.54, 1.807) is 16.4 Å². The number of piperazine rings is 1. The van der Waals surface area contributed by atoms with E-state index < -0.39 is 10.0 Å². The summed E-state index contributed by atoms with van der Waals surface area (Å²) in [6.07, 6.45) is 0.975. The van der Waals surface area contributed by atoms with Crippen molar-refractivity contribution in [2.24, 2.45) is 0 Å². The molecule has 146 valence electrons. The first-order chi connectivity index (χ1) is 13.0. The number of hydrogen-bond donors (Lipinski definition) is 1. The number of carbonyl (C=O) groups is 1. The number of amides is 1. The number of sulfonamides is 1. The molecule has 0 saturated carbocycles. The molecule has 2 aromatic rings. The van der Waals surface area contributed by atoms with E-state index in [4.69, 9.17) is 0 Å². The zero-order valence-electron chi connectivity index (χ0n) is 15.2. The fourth-order valence-electron chi connectivity index (χ4n) is 3.08. The summed E-state index contributed by atoms with van der Waals surface area (Å²) >= 11 is 1.34. The Balaban J connectivity index is 1.39. The van der Waals surface area contributed by atoms with Gasteiger partial charge in [-0.1, -0.05) is 36.4 Å². The molecule has 2 heterocycles. The van der Waals surface area contributed by atoms with Crippen molar-refractivity contribution in [3.63, 3.8) is 0 Å². The summed E-state index contributed by atoms with van der Waals surface area (Å²) in [5, 5.41) is 4.51. The van der Waals surface area contributed by atoms with Gasteiger partial charge in [-0.05, 0) is 23.4 Å². The molecule has 1 aromatic carbocycles. The molecular weight excluding hydrogens is 382 g/mol. The second kappa shape index (κ2) is 9.45. The van der Waals surface area contributed by atoms with Crippen LogP contribution >= 0.6 is 11.3 Å². The van der Waals surface area contributed by atoms with Gasteiger partial charge >= 0.3 is 0 Å². The summed E-state index contributed by atoms with van der Waals surface area (Å²) in [5.74, 6) is -0.278. The highest BCUT2D eigenvalue weighted by Gasteiger charge is 2.26. The van der Waals surface area contributed by atoms with E-state index in [2.05, 4.69) is 22.3 Å². The normalized spacial score (nSPS) is 16.3. The van der Waals surface area contributed by atoms with Gasteiger partial charge in [0.2, 0.25) is 10.0 Å². The maximum absolute atomic E-state index is 12.5. The number of hydrogen-bond acceptors (Lipinski definition) is 5. The zero-order valence-corrected chi connectivity index (χ0v) is 16.8. The number of carbonyl (C=O) groups excluding carboxylic acids is 1. The predicted octanol–water partition coefficient (Wildman–Crippen LogP) is 1.67. The van der Waals surface area contributed by atoms with Gasteiger partial charge in [0, 0.05) is 39.3 Å². The first-order valence-corrected chi connectivity index (χ1v) is 11.6. The van der Waals surface area contributed by atoms with Crippen LogP contribution in [0, 0.1) is 0 Å². The summed E-state index contributed by atoms with van der Waals surface area (Å²) in [6, 6.07) is 13.8. The summed E-state index contributed by atoms with van der Waals surface area (Å²) in [5.41, 5.74) is 1.30. The Labute approximate surface area is 164 Å². The molecule has 0 aliphatic carbocycles. The standard InChI is InChI=1S/C19H25N3O3S2/c23-19(18-7-4-15-26-18)20-9-16-27(24,25)22-13-11-21(12-14-22)10-8-17-5-2-1-3-6-17/h1-7,15H,8-14,16H2,(H,20,23). The third-order valence-corrected chi connectivity index (χ3v) is 7.42. The second-order valence-electron chi connectivity index (χ2n) is 6.53. The Morgan fingerprint density at radius 3 is 2.44 bits per heavy atom. The van der Waals surface area contributed by atoms with Gasteiger partial charge < -0.3 is 10.2 Å². The molecule has 1 aliphatic heterocycles. The van der Waals surface area contributed by atoms with Crippen molar-refractivity contribution in [1.29, 1.82) is 0 Å². The smallest absolute Gasteiger partial charge is 0.261 e. The molecule has 1 aliphatic rings. The number of rotatable bonds is 8. The lowest BCUT2D eigenvalue weighted by atomic mass is 10.1. The molecule has 1 aromatic heterocycles. The van der Waals surface area contributed by atoms with E-state index >= 15 is 0 Å². The first-order valence-electron chi connectivity index (χ1n) is 9.10. The van der Waals surface area contributed by atoms with Gasteiger partial charge in [-0.3, -0.25) is 4.79 Å². The molecule has 1 N–H and O–H groups in total. The average molecular weight is 408 g/mol. The lowest BCUT2D eigenvalue weighted by Crippen LogP contribution is -2.50. The van der Waals surface area contributed by atoms with Crippen molar-refractivity contribution < 1.29 is 13.2 Å². The molecule has 0 unspecified atom stereocenters. The zero-order chi connectivity index (χ0) is 19.1. The average Bonchev–Trinajstić information content (AvgIpc) is 3.22. The number of thiophene rings is 1. The number of nitrogens with one attached hydrogen (secondary N) is 1. The van der Waals surface area contributed by atoms with Crippen molar-refractivity contribution in [2.45, 2.75) is 6.42 Å². The van der Waals surface area contributed by atoms with Gasteiger partial charge in [-0.15, -0.1) is 11.3 Å². The van der Waals surface area contributed by atoms with Crippen LogP contribution in [0.5, 0.6) is 0 Å². The Bertz CT molecular complexity index is 815. The summed E-state index contributed by atoms with van der Waals surface area (Å²) in [4.78, 5) is 14.8. The van der Waals surface area contributed by atoms with Crippen LogP contribution in [0.3, 0.4) is 0 Å². The second-order valence-corrected chi connectivity index (χ2v) is 9.56. The van der Waals surface area contributed by atoms with Gasteiger partial charge in [-0.25, -0.2) is 8.42 Å². The Morgan fingerprint density at radius 1 is 1.04 bits per heavy atom. The maximum atomic E-state index is 12.5. The molecule has 27 heavy (non-hydrogen) atoms. The molecule has 1 amide bonds. The van der Waals surface area contributed by atoms with Crippen molar-refractivity contribution in [3.8, 4) is 0 Å². The van der Waals surface area contributed by atoms with Crippen LogP contribution in [0.2, 0.25) is 0 Å². The molecule has 0 spiro atoms. The molecular formula is C19H25N3O3S2. The fraction of sp³-hybridized carbons (Fsp3) is 0.421.